The number of aryl methyl sites for hydroxylation is 2. The second-order valence-electron chi connectivity index (χ2n) is 6.44. The van der Waals surface area contributed by atoms with Crippen molar-refractivity contribution in [2.45, 2.75) is 45.8 Å². The predicted molar refractivity (Wildman–Crippen MR) is 90.7 cm³/mol. The molecule has 0 N–H and O–H groups in total. The van der Waals surface area contributed by atoms with Crippen molar-refractivity contribution in [3.05, 3.63) is 47.0 Å². The number of esters is 1. The van der Waals surface area contributed by atoms with Crippen LogP contribution in [0.1, 0.15) is 40.8 Å². The average molecular weight is 328 g/mol. The summed E-state index contributed by atoms with van der Waals surface area (Å²) >= 11 is 0. The van der Waals surface area contributed by atoms with Crippen molar-refractivity contribution >= 4 is 5.97 Å². The lowest BCUT2D eigenvalue weighted by molar-refractivity contribution is 0.0593. The highest BCUT2D eigenvalue weighted by atomic mass is 16.5. The van der Waals surface area contributed by atoms with E-state index >= 15 is 0 Å². The normalized spacial score (nSPS) is 16.3. The van der Waals surface area contributed by atoms with E-state index in [1.165, 1.54) is 12.7 Å². The van der Waals surface area contributed by atoms with Crippen molar-refractivity contribution in [2.24, 2.45) is 0 Å². The third-order valence-corrected chi connectivity index (χ3v) is 4.54. The molecule has 128 valence electrons. The van der Waals surface area contributed by atoms with Crippen molar-refractivity contribution < 1.29 is 9.53 Å². The molecule has 0 saturated heterocycles. The molecule has 0 bridgehead atoms. The van der Waals surface area contributed by atoms with Gasteiger partial charge in [-0.1, -0.05) is 6.07 Å². The lowest BCUT2D eigenvalue weighted by Crippen LogP contribution is -2.34. The van der Waals surface area contributed by atoms with Crippen molar-refractivity contribution in [3.8, 4) is 0 Å². The number of hydrogen-bond acceptors (Lipinski definition) is 5. The van der Waals surface area contributed by atoms with E-state index < -0.39 is 0 Å². The topological polar surface area (TPSA) is 60.3 Å². The number of fused-ring (bicyclic) bond motifs is 1. The first kappa shape index (κ1) is 16.6. The molecule has 1 atom stereocenters. The Balaban J connectivity index is 1.71. The van der Waals surface area contributed by atoms with E-state index in [-0.39, 0.29) is 5.97 Å². The van der Waals surface area contributed by atoms with E-state index in [9.17, 15) is 4.79 Å². The van der Waals surface area contributed by atoms with Gasteiger partial charge in [0.2, 0.25) is 0 Å². The molecule has 0 aromatic carbocycles. The Kier molecular flexibility index (Phi) is 4.94. The number of carbonyl (C=O) groups excluding carboxylic acids is 1. The van der Waals surface area contributed by atoms with Crippen LogP contribution >= 0.6 is 0 Å². The molecule has 0 fully saturated rings. The van der Waals surface area contributed by atoms with Gasteiger partial charge in [0, 0.05) is 44.0 Å². The maximum Gasteiger partial charge on any atom is 0.358 e. The first-order valence-corrected chi connectivity index (χ1v) is 8.37. The number of pyridine rings is 1. The zero-order chi connectivity index (χ0) is 17.1. The van der Waals surface area contributed by atoms with Gasteiger partial charge in [-0.05, 0) is 38.0 Å². The fraction of sp³-hybridized carbons (Fsp3) is 0.500. The Labute approximate surface area is 142 Å². The van der Waals surface area contributed by atoms with Crippen LogP contribution in [-0.2, 0) is 24.2 Å². The molecule has 0 radical (unpaired) electrons. The van der Waals surface area contributed by atoms with E-state index in [0.29, 0.717) is 11.7 Å². The highest BCUT2D eigenvalue weighted by Crippen LogP contribution is 2.18. The molecule has 2 aromatic rings. The fourth-order valence-corrected chi connectivity index (χ4v) is 3.12. The Morgan fingerprint density at radius 1 is 1.38 bits per heavy atom. The van der Waals surface area contributed by atoms with E-state index in [1.807, 2.05) is 16.9 Å². The van der Waals surface area contributed by atoms with Gasteiger partial charge in [0.25, 0.3) is 0 Å². The zero-order valence-corrected chi connectivity index (χ0v) is 14.5. The molecule has 0 aliphatic carbocycles. The van der Waals surface area contributed by atoms with Crippen LogP contribution in [0.4, 0.5) is 0 Å². The highest BCUT2D eigenvalue weighted by molar-refractivity contribution is 5.87. The number of ether oxygens (including phenoxy) is 1. The molecule has 3 heterocycles. The molecule has 0 unspecified atom stereocenters. The monoisotopic (exact) mass is 328 g/mol. The number of aromatic nitrogens is 3. The van der Waals surface area contributed by atoms with Gasteiger partial charge in [-0.2, -0.15) is 5.10 Å². The fourth-order valence-electron chi connectivity index (χ4n) is 3.12. The number of nitrogens with zero attached hydrogens (tertiary/aromatic N) is 4. The standard InChI is InChI=1S/C18H24N4O2/c1-13-5-6-15(19-11-13)9-14(2)21-7-4-8-22-16(12-21)10-17(20-22)18(23)24-3/h5-6,10-11,14H,4,7-9,12H2,1-3H3/t14-/m0/s1. The Morgan fingerprint density at radius 3 is 2.92 bits per heavy atom. The van der Waals surface area contributed by atoms with Gasteiger partial charge in [0.15, 0.2) is 5.69 Å². The number of rotatable bonds is 4. The second kappa shape index (κ2) is 7.13. The van der Waals surface area contributed by atoms with Crippen LogP contribution in [0.5, 0.6) is 0 Å². The van der Waals surface area contributed by atoms with Crippen LogP contribution in [0.3, 0.4) is 0 Å². The number of hydrogen-bond donors (Lipinski definition) is 0. The molecule has 0 saturated carbocycles. The quantitative estimate of drug-likeness (QED) is 0.805. The van der Waals surface area contributed by atoms with Gasteiger partial charge in [-0.15, -0.1) is 0 Å². The minimum Gasteiger partial charge on any atom is -0.464 e. The van der Waals surface area contributed by atoms with Crippen LogP contribution in [0.25, 0.3) is 0 Å². The molecule has 3 rings (SSSR count). The van der Waals surface area contributed by atoms with Crippen LogP contribution in [0.2, 0.25) is 0 Å². The van der Waals surface area contributed by atoms with Gasteiger partial charge in [-0.3, -0.25) is 14.6 Å². The van der Waals surface area contributed by atoms with Crippen molar-refractivity contribution in [2.75, 3.05) is 13.7 Å². The first-order valence-electron chi connectivity index (χ1n) is 8.37. The molecule has 0 amide bonds. The summed E-state index contributed by atoms with van der Waals surface area (Å²) in [6, 6.07) is 6.43. The highest BCUT2D eigenvalue weighted by Gasteiger charge is 2.22. The van der Waals surface area contributed by atoms with Crippen molar-refractivity contribution in [3.63, 3.8) is 0 Å². The van der Waals surface area contributed by atoms with E-state index in [0.717, 1.165) is 43.9 Å². The summed E-state index contributed by atoms with van der Waals surface area (Å²) in [5, 5.41) is 4.37. The van der Waals surface area contributed by atoms with Crippen LogP contribution in [0.15, 0.2) is 24.4 Å². The molecule has 1 aliphatic heterocycles. The minimum absolute atomic E-state index is 0.376. The van der Waals surface area contributed by atoms with E-state index in [4.69, 9.17) is 4.74 Å². The molecule has 0 spiro atoms. The largest absolute Gasteiger partial charge is 0.464 e. The summed E-state index contributed by atoms with van der Waals surface area (Å²) in [6.07, 6.45) is 3.85. The molecular formula is C18H24N4O2. The SMILES string of the molecule is COC(=O)c1cc2n(n1)CCCN([C@@H](C)Cc1ccc(C)cn1)C2. The van der Waals surface area contributed by atoms with Crippen LogP contribution in [-0.4, -0.2) is 45.3 Å². The summed E-state index contributed by atoms with van der Waals surface area (Å²) in [6.45, 7) is 6.92. The molecule has 6 nitrogen and oxygen atoms in total. The van der Waals surface area contributed by atoms with Crippen LogP contribution < -0.4 is 0 Å². The van der Waals surface area contributed by atoms with Gasteiger partial charge < -0.3 is 4.74 Å². The molecule has 2 aromatic heterocycles. The molecule has 24 heavy (non-hydrogen) atoms. The van der Waals surface area contributed by atoms with Gasteiger partial charge in [0.1, 0.15) is 0 Å². The van der Waals surface area contributed by atoms with Gasteiger partial charge in [-0.25, -0.2) is 4.79 Å². The van der Waals surface area contributed by atoms with Gasteiger partial charge in [0.05, 0.1) is 12.8 Å². The third-order valence-electron chi connectivity index (χ3n) is 4.54. The first-order chi connectivity index (χ1) is 11.6. The van der Waals surface area contributed by atoms with Crippen molar-refractivity contribution in [1.82, 2.24) is 19.7 Å². The lowest BCUT2D eigenvalue weighted by atomic mass is 10.1. The summed E-state index contributed by atoms with van der Waals surface area (Å²) < 4.78 is 6.71. The average Bonchev–Trinajstić information content (AvgIpc) is 2.87. The predicted octanol–water partition coefficient (Wildman–Crippen LogP) is 2.21. The Hall–Kier alpha value is -2.21. The maximum atomic E-state index is 11.7. The lowest BCUT2D eigenvalue weighted by Gasteiger charge is -2.27. The Morgan fingerprint density at radius 2 is 2.21 bits per heavy atom. The molecule has 1 aliphatic rings. The maximum absolute atomic E-state index is 11.7. The van der Waals surface area contributed by atoms with E-state index in [2.05, 4.69) is 41.0 Å². The van der Waals surface area contributed by atoms with E-state index in [1.54, 1.807) is 0 Å². The number of methoxy groups -OCH3 is 1. The summed E-state index contributed by atoms with van der Waals surface area (Å²) in [7, 11) is 1.38. The van der Waals surface area contributed by atoms with Gasteiger partial charge >= 0.3 is 5.97 Å². The number of carbonyl (C=O) groups is 1. The smallest absolute Gasteiger partial charge is 0.358 e. The second-order valence-corrected chi connectivity index (χ2v) is 6.44. The minimum atomic E-state index is -0.376. The van der Waals surface area contributed by atoms with Crippen LogP contribution in [0, 0.1) is 6.92 Å². The molecule has 6 heteroatoms. The zero-order valence-electron chi connectivity index (χ0n) is 14.5. The third kappa shape index (κ3) is 3.64. The van der Waals surface area contributed by atoms with Crippen molar-refractivity contribution in [1.29, 1.82) is 0 Å². The summed E-state index contributed by atoms with van der Waals surface area (Å²) in [5.41, 5.74) is 3.75. The summed E-state index contributed by atoms with van der Waals surface area (Å²) in [5.74, 6) is -0.376. The summed E-state index contributed by atoms with van der Waals surface area (Å²) in [4.78, 5) is 18.6. The Bertz CT molecular complexity index is 708. The molecular weight excluding hydrogens is 304 g/mol.